The van der Waals surface area contributed by atoms with E-state index in [9.17, 15) is 44.5 Å². The number of benzene rings is 5. The van der Waals surface area contributed by atoms with Crippen LogP contribution in [-0.2, 0) is 10.1 Å². The fraction of sp³-hybridized carbons (Fsp3) is 0. The van der Waals surface area contributed by atoms with Crippen LogP contribution in [0.4, 0.5) is 22.0 Å². The van der Waals surface area contributed by atoms with E-state index in [0.717, 1.165) is 0 Å². The largest absolute Gasteiger partial charge is 0.744 e. The van der Waals surface area contributed by atoms with Gasteiger partial charge in [0.25, 0.3) is 0 Å². The predicted octanol–water partition coefficient (Wildman–Crippen LogP) is 7.24. The molecule has 5 rings (SSSR count). The molecule has 0 unspecified atom stereocenters. The van der Waals surface area contributed by atoms with Gasteiger partial charge in [-0.1, -0.05) is 48.5 Å². The quantitative estimate of drug-likeness (QED) is 0.0269. The molecule has 0 bridgehead atoms. The molecule has 0 radical (unpaired) electrons. The highest BCUT2D eigenvalue weighted by molar-refractivity contribution is 14.1. The van der Waals surface area contributed by atoms with Crippen molar-refractivity contribution in [2.75, 3.05) is 0 Å². The van der Waals surface area contributed by atoms with E-state index in [-0.39, 0.29) is 45.6 Å². The average molecular weight is 839 g/mol. The molecule has 15 heteroatoms. The lowest BCUT2D eigenvalue weighted by molar-refractivity contribution is 0.0714. The van der Waals surface area contributed by atoms with Gasteiger partial charge in [-0.3, -0.25) is 0 Å². The van der Waals surface area contributed by atoms with Crippen molar-refractivity contribution < 1.29 is 54.0 Å². The summed E-state index contributed by atoms with van der Waals surface area (Å²) < 4.78 is 115. The predicted molar refractivity (Wildman–Crippen MR) is 157 cm³/mol. The molecule has 0 fully saturated rings. The van der Waals surface area contributed by atoms with Crippen molar-refractivity contribution in [1.29, 1.82) is 0 Å². The Morgan fingerprint density at radius 2 is 0.977 bits per heavy atom. The summed E-state index contributed by atoms with van der Waals surface area (Å²) in [6, 6.07) is 13.9. The van der Waals surface area contributed by atoms with E-state index < -0.39 is 61.8 Å². The molecule has 0 N–H and O–H groups in total. The molecule has 0 atom stereocenters. The molecule has 0 heterocycles. The third kappa shape index (κ3) is 5.53. The smallest absolute Gasteiger partial charge is 0.345 e. The van der Waals surface area contributed by atoms with Gasteiger partial charge in [-0.15, -0.1) is 0 Å². The van der Waals surface area contributed by atoms with Crippen LogP contribution < -0.4 is 9.47 Å². The molecular weight excluding hydrogens is 829 g/mol. The van der Waals surface area contributed by atoms with Crippen molar-refractivity contribution in [3.8, 4) is 11.5 Å². The summed E-state index contributed by atoms with van der Waals surface area (Å²) >= 11 is 3.22. The molecule has 0 aliphatic carbocycles. The van der Waals surface area contributed by atoms with Crippen LogP contribution in [0.1, 0.15) is 20.7 Å². The first-order valence-electron chi connectivity index (χ1n) is 11.6. The Balaban J connectivity index is 1.67. The topological polar surface area (TPSA) is 110 Å². The minimum atomic E-state index is -4.82. The molecule has 0 aliphatic rings. The first kappa shape index (κ1) is 31.0. The van der Waals surface area contributed by atoms with Crippen LogP contribution >= 0.6 is 45.2 Å². The molecule has 220 valence electrons. The van der Waals surface area contributed by atoms with Crippen LogP contribution in [0, 0.1) is 36.2 Å². The Labute approximate surface area is 265 Å². The molecule has 7 nitrogen and oxygen atoms in total. The third-order valence-corrected chi connectivity index (χ3v) is 9.51. The van der Waals surface area contributed by atoms with Crippen LogP contribution in [-0.4, -0.2) is 24.9 Å². The van der Waals surface area contributed by atoms with Gasteiger partial charge in [0, 0.05) is 7.14 Å². The van der Waals surface area contributed by atoms with E-state index in [0.29, 0.717) is 0 Å². The molecule has 0 saturated heterocycles. The van der Waals surface area contributed by atoms with Gasteiger partial charge in [-0.25, -0.2) is 31.2 Å². The Bertz CT molecular complexity index is 2030. The molecule has 43 heavy (non-hydrogen) atoms. The molecule has 0 saturated carbocycles. The maximum Gasteiger partial charge on any atom is 0.345 e. The van der Waals surface area contributed by atoms with Gasteiger partial charge in [0.1, 0.15) is 15.9 Å². The first-order chi connectivity index (χ1) is 20.2. The van der Waals surface area contributed by atoms with E-state index in [2.05, 4.69) is 0 Å². The van der Waals surface area contributed by atoms with Gasteiger partial charge in [-0.2, -0.15) is 8.78 Å². The first-order valence-corrected chi connectivity index (χ1v) is 15.1. The molecule has 0 aromatic heterocycles. The van der Waals surface area contributed by atoms with Gasteiger partial charge in [-0.05, 0) is 78.9 Å². The molecule has 0 spiro atoms. The molecule has 5 aromatic carbocycles. The maximum absolute atomic E-state index is 14.3. The number of hydrogen-bond donors (Lipinski definition) is 0. The highest BCUT2D eigenvalue weighted by Crippen LogP contribution is 2.37. The second-order valence-electron chi connectivity index (χ2n) is 8.69. The van der Waals surface area contributed by atoms with E-state index >= 15 is 0 Å². The summed E-state index contributed by atoms with van der Waals surface area (Å²) in [5, 5.41) is 0.218. The monoisotopic (exact) mass is 839 g/mol. The minimum Gasteiger partial charge on any atom is -0.744 e. The third-order valence-electron chi connectivity index (χ3n) is 6.14. The summed E-state index contributed by atoms with van der Waals surface area (Å²) in [6.45, 7) is 0. The van der Waals surface area contributed by atoms with Crippen LogP contribution in [0.25, 0.3) is 21.5 Å². The van der Waals surface area contributed by atoms with Crippen molar-refractivity contribution in [2.45, 2.75) is 4.90 Å². The fourth-order valence-corrected chi connectivity index (χ4v) is 8.30. The lowest BCUT2D eigenvalue weighted by Gasteiger charge is -2.17. The summed E-state index contributed by atoms with van der Waals surface area (Å²) in [6.07, 6.45) is 0. The molecule has 0 amide bonds. The normalized spacial score (nSPS) is 11.6. The fourth-order valence-electron chi connectivity index (χ4n) is 4.38. The molecule has 5 aromatic rings. The zero-order chi connectivity index (χ0) is 31.4. The van der Waals surface area contributed by atoms with Crippen molar-refractivity contribution in [2.24, 2.45) is 0 Å². The second-order valence-corrected chi connectivity index (χ2v) is 12.3. The van der Waals surface area contributed by atoms with E-state index in [1.807, 2.05) is 0 Å². The van der Waals surface area contributed by atoms with Crippen LogP contribution in [0.5, 0.6) is 11.5 Å². The van der Waals surface area contributed by atoms with Gasteiger partial charge < -0.3 is 14.0 Å². The van der Waals surface area contributed by atoms with Crippen molar-refractivity contribution in [3.05, 3.63) is 108 Å². The van der Waals surface area contributed by atoms with E-state index in [1.165, 1.54) is 60.7 Å². The number of rotatable bonds is 5. The maximum atomic E-state index is 14.3. The van der Waals surface area contributed by atoms with Gasteiger partial charge in [0.05, 0.1) is 16.0 Å². The molecule has 0 aliphatic heterocycles. The zero-order valence-corrected chi connectivity index (χ0v) is 25.8. The Kier molecular flexibility index (Phi) is 8.36. The second kappa shape index (κ2) is 11.6. The number of hydrogen-bond acceptors (Lipinski definition) is 7. The zero-order valence-electron chi connectivity index (χ0n) is 20.7. The number of halogens is 7. The van der Waals surface area contributed by atoms with Gasteiger partial charge in [0.2, 0.25) is 34.8 Å². The number of esters is 2. The lowest BCUT2D eigenvalue weighted by atomic mass is 9.91. The summed E-state index contributed by atoms with van der Waals surface area (Å²) in [7, 11) is -4.82. The van der Waals surface area contributed by atoms with Gasteiger partial charge in [0.15, 0.2) is 0 Å². The van der Waals surface area contributed by atoms with Crippen LogP contribution in [0.15, 0.2) is 65.6 Å². The van der Waals surface area contributed by atoms with Crippen molar-refractivity contribution in [1.82, 2.24) is 0 Å². The highest BCUT2D eigenvalue weighted by Gasteiger charge is 2.31. The number of ether oxygens (including phenoxy) is 2. The summed E-state index contributed by atoms with van der Waals surface area (Å²) in [5.41, 5.74) is -0.426. The standard InChI is InChI=1S/C28H11F5I2O7S/c29-20-21(30)23(32)25(24(33)22(20)31)42-28(37)19-14-7-3-1-5-12(14)18(13-6-2-4-8-15(13)19)27(36)41-11-9-16(34)26(17(35)10-11)43(38,39)40/h1-10H,(H,38,39,40)/p-1. The minimum absolute atomic E-state index is 0.00300. The number of carbonyl (C=O) groups is 2. The van der Waals surface area contributed by atoms with Crippen molar-refractivity contribution >= 4 is 88.8 Å². The average Bonchev–Trinajstić information content (AvgIpc) is 2.94. The summed E-state index contributed by atoms with van der Waals surface area (Å²) in [4.78, 5) is 26.4. The van der Waals surface area contributed by atoms with E-state index in [1.54, 1.807) is 45.2 Å². The number of carbonyl (C=O) groups excluding carboxylic acids is 2. The van der Waals surface area contributed by atoms with Crippen molar-refractivity contribution in [3.63, 3.8) is 0 Å². The SMILES string of the molecule is O=C(Oc1cc(I)c(S(=O)(=O)[O-])c(I)c1)c1c2ccccc2c(C(=O)Oc2c(F)c(F)c(F)c(F)c2F)c2ccccc12. The van der Waals surface area contributed by atoms with Crippen LogP contribution in [0.3, 0.4) is 0 Å². The highest BCUT2D eigenvalue weighted by atomic mass is 127. The van der Waals surface area contributed by atoms with Gasteiger partial charge >= 0.3 is 11.9 Å². The Morgan fingerprint density at radius 1 is 0.628 bits per heavy atom. The molecular formula is C28H10F5I2O7S-. The Morgan fingerprint density at radius 3 is 1.35 bits per heavy atom. The Hall–Kier alpha value is -3.42. The lowest BCUT2D eigenvalue weighted by Crippen LogP contribution is -2.16. The number of fused-ring (bicyclic) bond motifs is 2. The van der Waals surface area contributed by atoms with Crippen LogP contribution in [0.2, 0.25) is 0 Å². The van der Waals surface area contributed by atoms with E-state index in [4.69, 9.17) is 9.47 Å². The summed E-state index contributed by atoms with van der Waals surface area (Å²) in [5.74, 6) is -16.1.